The summed E-state index contributed by atoms with van der Waals surface area (Å²) in [5.41, 5.74) is 0.113. The summed E-state index contributed by atoms with van der Waals surface area (Å²) in [6.45, 7) is 7.48. The highest BCUT2D eigenvalue weighted by molar-refractivity contribution is 5.50. The van der Waals surface area contributed by atoms with E-state index in [1.165, 1.54) is 18.6 Å². The number of anilines is 1. The van der Waals surface area contributed by atoms with E-state index in [4.69, 9.17) is 0 Å². The maximum atomic E-state index is 13.6. The third kappa shape index (κ3) is 3.91. The number of nitro groups is 1. The molecule has 116 valence electrons. The lowest BCUT2D eigenvalue weighted by Crippen LogP contribution is -2.41. The average molecular weight is 295 g/mol. The van der Waals surface area contributed by atoms with Gasteiger partial charge in [0.25, 0.3) is 0 Å². The summed E-state index contributed by atoms with van der Waals surface area (Å²) in [6.07, 6.45) is 2.33. The van der Waals surface area contributed by atoms with E-state index in [9.17, 15) is 14.5 Å². The maximum absolute atomic E-state index is 13.6. The summed E-state index contributed by atoms with van der Waals surface area (Å²) < 4.78 is 13.6. The Balaban J connectivity index is 2.00. The molecular weight excluding hydrogens is 273 g/mol. The summed E-state index contributed by atoms with van der Waals surface area (Å²) in [7, 11) is 0. The van der Waals surface area contributed by atoms with Crippen molar-refractivity contribution >= 4 is 11.4 Å². The summed E-state index contributed by atoms with van der Waals surface area (Å²) in [5.74, 6) is -0.284. The van der Waals surface area contributed by atoms with Gasteiger partial charge in [0.15, 0.2) is 0 Å². The fraction of sp³-hybridized carbons (Fsp3) is 0.600. The molecule has 0 saturated carbocycles. The van der Waals surface area contributed by atoms with Crippen molar-refractivity contribution in [2.75, 3.05) is 25.0 Å². The van der Waals surface area contributed by atoms with E-state index in [1.807, 2.05) is 0 Å². The first kappa shape index (κ1) is 15.7. The third-order valence-corrected chi connectivity index (χ3v) is 4.23. The number of rotatable bonds is 5. The molecule has 0 aromatic heterocycles. The second kappa shape index (κ2) is 6.85. The Morgan fingerprint density at radius 3 is 2.95 bits per heavy atom. The van der Waals surface area contributed by atoms with Gasteiger partial charge in [-0.15, -0.1) is 0 Å². The van der Waals surface area contributed by atoms with E-state index in [2.05, 4.69) is 24.1 Å². The van der Waals surface area contributed by atoms with Gasteiger partial charge >= 0.3 is 5.69 Å². The van der Waals surface area contributed by atoms with Gasteiger partial charge < -0.3 is 10.2 Å². The Bertz CT molecular complexity index is 510. The lowest BCUT2D eigenvalue weighted by atomic mass is 9.91. The predicted molar refractivity (Wildman–Crippen MR) is 81.0 cm³/mol. The second-order valence-corrected chi connectivity index (χ2v) is 5.65. The minimum atomic E-state index is -0.795. The number of nitro benzene ring substituents is 1. The summed E-state index contributed by atoms with van der Waals surface area (Å²) in [5, 5.41) is 13.9. The van der Waals surface area contributed by atoms with Crippen LogP contribution in [-0.2, 0) is 0 Å². The molecule has 1 fully saturated rings. The molecule has 1 N–H and O–H groups in total. The van der Waals surface area contributed by atoms with Crippen LogP contribution in [0.3, 0.4) is 0 Å². The zero-order valence-corrected chi connectivity index (χ0v) is 12.5. The average Bonchev–Trinajstić information content (AvgIpc) is 2.47. The fourth-order valence-electron chi connectivity index (χ4n) is 2.91. The van der Waals surface area contributed by atoms with Crippen LogP contribution in [-0.4, -0.2) is 35.5 Å². The number of likely N-dealkylation sites (tertiary alicyclic amines) is 1. The molecule has 2 atom stereocenters. The molecule has 1 aromatic carbocycles. The van der Waals surface area contributed by atoms with Crippen LogP contribution >= 0.6 is 0 Å². The number of nitrogens with zero attached hydrogens (tertiary/aromatic N) is 2. The van der Waals surface area contributed by atoms with E-state index < -0.39 is 16.4 Å². The maximum Gasteiger partial charge on any atom is 0.304 e. The van der Waals surface area contributed by atoms with Crippen LogP contribution in [0.2, 0.25) is 0 Å². The lowest BCUT2D eigenvalue weighted by molar-refractivity contribution is -0.387. The van der Waals surface area contributed by atoms with Gasteiger partial charge in [-0.25, -0.2) is 0 Å². The SMILES string of the molecule is CCN1CCCC(C(C)Nc2ccc([N+](=O)[O-])c(F)c2)C1. The highest BCUT2D eigenvalue weighted by Gasteiger charge is 2.24. The lowest BCUT2D eigenvalue weighted by Gasteiger charge is -2.35. The van der Waals surface area contributed by atoms with Crippen LogP contribution in [0.15, 0.2) is 18.2 Å². The molecule has 0 amide bonds. The number of hydrogen-bond donors (Lipinski definition) is 1. The molecule has 1 heterocycles. The van der Waals surface area contributed by atoms with Crippen molar-refractivity contribution in [1.82, 2.24) is 4.90 Å². The molecule has 0 aliphatic carbocycles. The van der Waals surface area contributed by atoms with Crippen LogP contribution in [0.1, 0.15) is 26.7 Å². The highest BCUT2D eigenvalue weighted by Crippen LogP contribution is 2.25. The second-order valence-electron chi connectivity index (χ2n) is 5.65. The summed E-state index contributed by atoms with van der Waals surface area (Å²) in [4.78, 5) is 12.3. The molecule has 1 saturated heterocycles. The molecule has 0 bridgehead atoms. The molecule has 1 aromatic rings. The van der Waals surface area contributed by atoms with Crippen LogP contribution in [0.4, 0.5) is 15.8 Å². The zero-order valence-electron chi connectivity index (χ0n) is 12.5. The van der Waals surface area contributed by atoms with Crippen LogP contribution < -0.4 is 5.32 Å². The van der Waals surface area contributed by atoms with Gasteiger partial charge in [0, 0.05) is 30.4 Å². The molecule has 2 unspecified atom stereocenters. The molecule has 5 nitrogen and oxygen atoms in total. The zero-order chi connectivity index (χ0) is 15.4. The van der Waals surface area contributed by atoms with Crippen molar-refractivity contribution in [1.29, 1.82) is 0 Å². The summed E-state index contributed by atoms with van der Waals surface area (Å²) in [6, 6.07) is 4.19. The molecule has 21 heavy (non-hydrogen) atoms. The smallest absolute Gasteiger partial charge is 0.304 e. The first-order valence-corrected chi connectivity index (χ1v) is 7.44. The third-order valence-electron chi connectivity index (χ3n) is 4.23. The molecule has 6 heteroatoms. The standard InChI is InChI=1S/C15H22FN3O2/c1-3-18-8-4-5-12(10-18)11(2)17-13-6-7-15(19(20)21)14(16)9-13/h6-7,9,11-12,17H,3-5,8,10H2,1-2H3. The number of piperidine rings is 1. The first-order chi connectivity index (χ1) is 10.0. The Kier molecular flexibility index (Phi) is 5.12. The molecule has 0 spiro atoms. The van der Waals surface area contributed by atoms with Crippen LogP contribution in [0, 0.1) is 21.8 Å². The Morgan fingerprint density at radius 1 is 1.57 bits per heavy atom. The number of halogens is 1. The van der Waals surface area contributed by atoms with Crippen molar-refractivity contribution < 1.29 is 9.31 Å². The van der Waals surface area contributed by atoms with Crippen LogP contribution in [0.5, 0.6) is 0 Å². The van der Waals surface area contributed by atoms with Crippen molar-refractivity contribution in [2.24, 2.45) is 5.92 Å². The molecule has 2 rings (SSSR count). The van der Waals surface area contributed by atoms with Gasteiger partial charge in [-0.05, 0) is 44.8 Å². The van der Waals surface area contributed by atoms with Crippen molar-refractivity contribution in [2.45, 2.75) is 32.7 Å². The monoisotopic (exact) mass is 295 g/mol. The van der Waals surface area contributed by atoms with Crippen molar-refractivity contribution in [3.8, 4) is 0 Å². The minimum absolute atomic E-state index is 0.209. The van der Waals surface area contributed by atoms with Gasteiger partial charge in [-0.2, -0.15) is 4.39 Å². The van der Waals surface area contributed by atoms with Gasteiger partial charge in [-0.1, -0.05) is 6.92 Å². The quantitative estimate of drug-likeness (QED) is 0.669. The van der Waals surface area contributed by atoms with E-state index in [0.717, 1.165) is 26.1 Å². The van der Waals surface area contributed by atoms with Crippen molar-refractivity contribution in [3.05, 3.63) is 34.1 Å². The predicted octanol–water partition coefficient (Wildman–Crippen LogP) is 3.27. The van der Waals surface area contributed by atoms with Gasteiger partial charge in [0.1, 0.15) is 0 Å². The molecular formula is C15H22FN3O2. The molecule has 1 aliphatic rings. The number of hydrogen-bond acceptors (Lipinski definition) is 4. The first-order valence-electron chi connectivity index (χ1n) is 7.44. The topological polar surface area (TPSA) is 58.4 Å². The van der Waals surface area contributed by atoms with Gasteiger partial charge in [0.05, 0.1) is 4.92 Å². The number of benzene rings is 1. The fourth-order valence-corrected chi connectivity index (χ4v) is 2.91. The van der Waals surface area contributed by atoms with E-state index in [-0.39, 0.29) is 6.04 Å². The summed E-state index contributed by atoms with van der Waals surface area (Å²) >= 11 is 0. The van der Waals surface area contributed by atoms with Crippen LogP contribution in [0.25, 0.3) is 0 Å². The van der Waals surface area contributed by atoms with E-state index in [1.54, 1.807) is 6.07 Å². The van der Waals surface area contributed by atoms with E-state index >= 15 is 0 Å². The number of nitrogens with one attached hydrogen (secondary N) is 1. The Hall–Kier alpha value is -1.69. The normalized spacial score (nSPS) is 21.0. The van der Waals surface area contributed by atoms with Crippen molar-refractivity contribution in [3.63, 3.8) is 0 Å². The largest absolute Gasteiger partial charge is 0.382 e. The molecule has 0 radical (unpaired) electrons. The van der Waals surface area contributed by atoms with Gasteiger partial charge in [-0.3, -0.25) is 10.1 Å². The minimum Gasteiger partial charge on any atom is -0.382 e. The Morgan fingerprint density at radius 2 is 2.33 bits per heavy atom. The molecule has 1 aliphatic heterocycles. The van der Waals surface area contributed by atoms with E-state index in [0.29, 0.717) is 11.6 Å². The highest BCUT2D eigenvalue weighted by atomic mass is 19.1. The Labute approximate surface area is 124 Å². The van der Waals surface area contributed by atoms with Gasteiger partial charge in [0.2, 0.25) is 5.82 Å².